The van der Waals surface area contributed by atoms with Crippen LogP contribution in [0, 0.1) is 6.92 Å². The fraction of sp³-hybridized carbons (Fsp3) is 0.167. The molecule has 2 aromatic heterocycles. The summed E-state index contributed by atoms with van der Waals surface area (Å²) in [4.78, 5) is 30.4. The Kier molecular flexibility index (Phi) is 4.94. The van der Waals surface area contributed by atoms with E-state index in [2.05, 4.69) is 20.8 Å². The molecule has 0 aliphatic rings. The molecule has 2 heterocycles. The van der Waals surface area contributed by atoms with Gasteiger partial charge < -0.3 is 9.40 Å². The van der Waals surface area contributed by atoms with Crippen LogP contribution in [0.4, 0.5) is 0 Å². The van der Waals surface area contributed by atoms with Gasteiger partial charge in [-0.2, -0.15) is 0 Å². The van der Waals surface area contributed by atoms with Gasteiger partial charge in [0.05, 0.1) is 6.20 Å². The summed E-state index contributed by atoms with van der Waals surface area (Å²) in [6.07, 6.45) is 3.77. The molecular weight excluding hydrogens is 320 g/mol. The first-order valence-corrected chi connectivity index (χ1v) is 7.86. The monoisotopic (exact) mass is 338 g/mol. The molecular formula is C18H18N4O3. The quantitative estimate of drug-likeness (QED) is 0.622. The lowest BCUT2D eigenvalue weighted by Crippen LogP contribution is -2.41. The lowest BCUT2D eigenvalue weighted by atomic mass is 10.1. The van der Waals surface area contributed by atoms with Gasteiger partial charge in [0, 0.05) is 24.6 Å². The van der Waals surface area contributed by atoms with Gasteiger partial charge in [0.1, 0.15) is 5.69 Å². The third kappa shape index (κ3) is 4.35. The van der Waals surface area contributed by atoms with Gasteiger partial charge in [-0.05, 0) is 19.1 Å². The lowest BCUT2D eigenvalue weighted by Gasteiger charge is -2.05. The molecule has 3 rings (SSSR count). The van der Waals surface area contributed by atoms with Gasteiger partial charge in [0.2, 0.25) is 5.91 Å². The maximum Gasteiger partial charge on any atom is 0.286 e. The van der Waals surface area contributed by atoms with E-state index in [-0.39, 0.29) is 12.3 Å². The maximum absolute atomic E-state index is 11.8. The molecule has 0 aliphatic heterocycles. The Bertz CT molecular complexity index is 851. The number of carbonyl (C=O) groups is 2. The SMILES string of the molecule is Cc1ccc(-c2cnc(CCC(=O)NNC(=O)c3ccc[nH]3)o2)cc1. The average molecular weight is 338 g/mol. The Labute approximate surface area is 144 Å². The minimum absolute atomic E-state index is 0.152. The maximum atomic E-state index is 11.8. The highest BCUT2D eigenvalue weighted by Crippen LogP contribution is 2.21. The molecule has 0 spiro atoms. The van der Waals surface area contributed by atoms with E-state index >= 15 is 0 Å². The van der Waals surface area contributed by atoms with Crippen LogP contribution in [0.1, 0.15) is 28.4 Å². The molecule has 0 atom stereocenters. The summed E-state index contributed by atoms with van der Waals surface area (Å²) in [5.74, 6) is 0.406. The van der Waals surface area contributed by atoms with Crippen molar-refractivity contribution in [2.75, 3.05) is 0 Å². The van der Waals surface area contributed by atoms with E-state index in [0.717, 1.165) is 5.56 Å². The minimum Gasteiger partial charge on any atom is -0.441 e. The molecule has 0 bridgehead atoms. The Hall–Kier alpha value is -3.35. The number of rotatable bonds is 5. The topological polar surface area (TPSA) is 100 Å². The van der Waals surface area contributed by atoms with E-state index in [9.17, 15) is 9.59 Å². The average Bonchev–Trinajstić information content (AvgIpc) is 3.30. The number of carbonyl (C=O) groups excluding carboxylic acids is 2. The van der Waals surface area contributed by atoms with Crippen molar-refractivity contribution < 1.29 is 14.0 Å². The molecule has 3 N–H and O–H groups in total. The van der Waals surface area contributed by atoms with Gasteiger partial charge in [-0.3, -0.25) is 20.4 Å². The van der Waals surface area contributed by atoms with Crippen molar-refractivity contribution in [3.8, 4) is 11.3 Å². The summed E-state index contributed by atoms with van der Waals surface area (Å²) in [5.41, 5.74) is 7.17. The van der Waals surface area contributed by atoms with Crippen LogP contribution in [0.2, 0.25) is 0 Å². The summed E-state index contributed by atoms with van der Waals surface area (Å²) >= 11 is 0. The third-order valence-corrected chi connectivity index (χ3v) is 3.61. The normalized spacial score (nSPS) is 10.4. The zero-order valence-corrected chi connectivity index (χ0v) is 13.7. The van der Waals surface area contributed by atoms with E-state index in [1.165, 1.54) is 5.56 Å². The second-order valence-electron chi connectivity index (χ2n) is 5.57. The van der Waals surface area contributed by atoms with Crippen molar-refractivity contribution in [2.45, 2.75) is 19.8 Å². The van der Waals surface area contributed by atoms with Crippen molar-refractivity contribution in [3.63, 3.8) is 0 Å². The van der Waals surface area contributed by atoms with E-state index in [4.69, 9.17) is 4.42 Å². The second-order valence-corrected chi connectivity index (χ2v) is 5.57. The molecule has 7 heteroatoms. The number of amides is 2. The van der Waals surface area contributed by atoms with Gasteiger partial charge >= 0.3 is 0 Å². The standard InChI is InChI=1S/C18H18N4O3/c1-12-4-6-13(7-5-12)15-11-20-17(25-15)9-8-16(23)21-22-18(24)14-3-2-10-19-14/h2-7,10-11,19H,8-9H2,1H3,(H,21,23)(H,22,24). The first kappa shape index (κ1) is 16.5. The highest BCUT2D eigenvalue weighted by molar-refractivity contribution is 5.93. The molecule has 2 amide bonds. The molecule has 0 saturated carbocycles. The van der Waals surface area contributed by atoms with Gasteiger partial charge in [-0.15, -0.1) is 0 Å². The first-order valence-electron chi connectivity index (χ1n) is 7.86. The van der Waals surface area contributed by atoms with Crippen LogP contribution in [0.25, 0.3) is 11.3 Å². The van der Waals surface area contributed by atoms with Crippen LogP contribution in [0.15, 0.2) is 53.2 Å². The predicted octanol–water partition coefficient (Wildman–Crippen LogP) is 2.37. The van der Waals surface area contributed by atoms with Crippen molar-refractivity contribution in [3.05, 3.63) is 65.9 Å². The Morgan fingerprint density at radius 2 is 1.96 bits per heavy atom. The Balaban J connectivity index is 1.48. The van der Waals surface area contributed by atoms with Gasteiger partial charge in [-0.25, -0.2) is 4.98 Å². The summed E-state index contributed by atoms with van der Waals surface area (Å²) in [5, 5.41) is 0. The van der Waals surface area contributed by atoms with E-state index in [1.54, 1.807) is 24.5 Å². The largest absolute Gasteiger partial charge is 0.441 e. The molecule has 1 aromatic carbocycles. The van der Waals surface area contributed by atoms with E-state index < -0.39 is 5.91 Å². The summed E-state index contributed by atoms with van der Waals surface area (Å²) in [7, 11) is 0. The fourth-order valence-electron chi connectivity index (χ4n) is 2.23. The molecule has 7 nitrogen and oxygen atoms in total. The molecule has 25 heavy (non-hydrogen) atoms. The number of oxazole rings is 1. The lowest BCUT2D eigenvalue weighted by molar-refractivity contribution is -0.121. The molecule has 3 aromatic rings. The van der Waals surface area contributed by atoms with Crippen LogP contribution in [-0.4, -0.2) is 21.8 Å². The fourth-order valence-corrected chi connectivity index (χ4v) is 2.23. The second kappa shape index (κ2) is 7.48. The van der Waals surface area contributed by atoms with Gasteiger partial charge in [-0.1, -0.05) is 29.8 Å². The number of aromatic amines is 1. The number of benzene rings is 1. The number of aryl methyl sites for hydroxylation is 2. The highest BCUT2D eigenvalue weighted by atomic mass is 16.4. The zero-order chi connectivity index (χ0) is 17.6. The van der Waals surface area contributed by atoms with Crippen molar-refractivity contribution in [1.82, 2.24) is 20.8 Å². The van der Waals surface area contributed by atoms with Crippen LogP contribution in [0.5, 0.6) is 0 Å². The van der Waals surface area contributed by atoms with Crippen molar-refractivity contribution in [2.24, 2.45) is 0 Å². The zero-order valence-electron chi connectivity index (χ0n) is 13.7. The predicted molar refractivity (Wildman–Crippen MR) is 91.4 cm³/mol. The number of hydrogen-bond acceptors (Lipinski definition) is 4. The number of hydrazine groups is 1. The van der Waals surface area contributed by atoms with Crippen molar-refractivity contribution in [1.29, 1.82) is 0 Å². The van der Waals surface area contributed by atoms with Crippen LogP contribution >= 0.6 is 0 Å². The van der Waals surface area contributed by atoms with Crippen LogP contribution in [0.3, 0.4) is 0 Å². The van der Waals surface area contributed by atoms with Gasteiger partial charge in [0.15, 0.2) is 11.7 Å². The smallest absolute Gasteiger partial charge is 0.286 e. The molecule has 0 saturated heterocycles. The molecule has 128 valence electrons. The number of aromatic nitrogens is 2. The number of H-pyrrole nitrogens is 1. The van der Waals surface area contributed by atoms with Crippen LogP contribution < -0.4 is 10.9 Å². The summed E-state index contributed by atoms with van der Waals surface area (Å²) < 4.78 is 5.66. The highest BCUT2D eigenvalue weighted by Gasteiger charge is 2.10. The van der Waals surface area contributed by atoms with E-state index in [1.807, 2.05) is 31.2 Å². The summed E-state index contributed by atoms with van der Waals surface area (Å²) in [6, 6.07) is 11.2. The number of hydrogen-bond donors (Lipinski definition) is 3. The molecule has 0 fully saturated rings. The molecule has 0 unspecified atom stereocenters. The Morgan fingerprint density at radius 3 is 2.68 bits per heavy atom. The van der Waals surface area contributed by atoms with Crippen LogP contribution in [-0.2, 0) is 11.2 Å². The minimum atomic E-state index is -0.406. The molecule has 0 aliphatic carbocycles. The molecule has 0 radical (unpaired) electrons. The Morgan fingerprint density at radius 1 is 1.16 bits per heavy atom. The van der Waals surface area contributed by atoms with Gasteiger partial charge in [0.25, 0.3) is 5.91 Å². The number of nitrogens with zero attached hydrogens (tertiary/aromatic N) is 1. The van der Waals surface area contributed by atoms with E-state index in [0.29, 0.717) is 23.8 Å². The number of nitrogens with one attached hydrogen (secondary N) is 3. The summed E-state index contributed by atoms with van der Waals surface area (Å²) in [6.45, 7) is 2.02. The van der Waals surface area contributed by atoms with Crippen molar-refractivity contribution >= 4 is 11.8 Å². The first-order chi connectivity index (χ1) is 12.1. The third-order valence-electron chi connectivity index (χ3n) is 3.61.